The zero-order valence-corrected chi connectivity index (χ0v) is 11.7. The van der Waals surface area contributed by atoms with Crippen molar-refractivity contribution in [1.29, 1.82) is 0 Å². The summed E-state index contributed by atoms with van der Waals surface area (Å²) in [5, 5.41) is 11.0. The fraction of sp³-hybridized carbons (Fsp3) is 0.417. The van der Waals surface area contributed by atoms with E-state index < -0.39 is 4.92 Å². The number of para-hydroxylation sites is 1. The van der Waals surface area contributed by atoms with Crippen LogP contribution in [0.5, 0.6) is 5.75 Å². The first-order chi connectivity index (χ1) is 8.99. The largest absolute Gasteiger partial charge is 0.490 e. The van der Waals surface area contributed by atoms with Crippen LogP contribution in [-0.2, 0) is 9.53 Å². The molecule has 6 nitrogen and oxygen atoms in total. The smallest absolute Gasteiger partial charge is 0.324 e. The number of nitro benzene ring substituents is 1. The van der Waals surface area contributed by atoms with Crippen LogP contribution in [0.15, 0.2) is 23.1 Å². The summed E-state index contributed by atoms with van der Waals surface area (Å²) in [5.41, 5.74) is -0.0771. The number of hydrogen-bond acceptors (Lipinski definition) is 6. The Morgan fingerprint density at radius 3 is 2.68 bits per heavy atom. The minimum atomic E-state index is -0.480. The molecule has 1 unspecified atom stereocenters. The number of hydrogen-bond donors (Lipinski definition) is 0. The van der Waals surface area contributed by atoms with Gasteiger partial charge in [-0.05, 0) is 12.1 Å². The minimum Gasteiger partial charge on any atom is -0.490 e. The lowest BCUT2D eigenvalue weighted by Gasteiger charge is -2.11. The minimum absolute atomic E-state index is 0.0771. The van der Waals surface area contributed by atoms with E-state index in [4.69, 9.17) is 4.74 Å². The van der Waals surface area contributed by atoms with Gasteiger partial charge in [0.1, 0.15) is 0 Å². The molecule has 7 heteroatoms. The Morgan fingerprint density at radius 1 is 1.47 bits per heavy atom. The summed E-state index contributed by atoms with van der Waals surface area (Å²) in [7, 11) is 2.70. The first-order valence-electron chi connectivity index (χ1n) is 5.54. The number of benzene rings is 1. The van der Waals surface area contributed by atoms with Crippen molar-refractivity contribution < 1.29 is 19.2 Å². The van der Waals surface area contributed by atoms with Crippen LogP contribution < -0.4 is 4.74 Å². The van der Waals surface area contributed by atoms with Crippen LogP contribution in [0.2, 0.25) is 0 Å². The van der Waals surface area contributed by atoms with Gasteiger partial charge in [0.15, 0.2) is 5.75 Å². The van der Waals surface area contributed by atoms with E-state index in [-0.39, 0.29) is 29.1 Å². The Balaban J connectivity index is 2.94. The molecule has 1 aromatic carbocycles. The quantitative estimate of drug-likeness (QED) is 0.346. The Hall–Kier alpha value is -1.76. The zero-order chi connectivity index (χ0) is 14.4. The van der Waals surface area contributed by atoms with Crippen LogP contribution in [0, 0.1) is 10.1 Å². The van der Waals surface area contributed by atoms with Gasteiger partial charge in [-0.3, -0.25) is 14.9 Å². The van der Waals surface area contributed by atoms with Crippen LogP contribution in [0.3, 0.4) is 0 Å². The van der Waals surface area contributed by atoms with Crippen molar-refractivity contribution in [3.63, 3.8) is 0 Å². The number of carbonyl (C=O) groups is 1. The molecule has 0 fully saturated rings. The van der Waals surface area contributed by atoms with Gasteiger partial charge < -0.3 is 9.47 Å². The third-order valence-corrected chi connectivity index (χ3v) is 3.53. The second-order valence-electron chi connectivity index (χ2n) is 3.77. The van der Waals surface area contributed by atoms with Crippen molar-refractivity contribution in [2.24, 2.45) is 0 Å². The Labute approximate surface area is 115 Å². The second-order valence-corrected chi connectivity index (χ2v) is 5.25. The van der Waals surface area contributed by atoms with Crippen molar-refractivity contribution in [1.82, 2.24) is 0 Å². The Bertz CT molecular complexity index is 477. The molecule has 0 aromatic heterocycles. The van der Waals surface area contributed by atoms with Gasteiger partial charge in [0.05, 0.1) is 30.5 Å². The maximum absolute atomic E-state index is 11.2. The van der Waals surface area contributed by atoms with E-state index >= 15 is 0 Å². The predicted octanol–water partition coefficient (Wildman–Crippen LogP) is 2.65. The zero-order valence-electron chi connectivity index (χ0n) is 10.9. The van der Waals surface area contributed by atoms with Crippen LogP contribution >= 0.6 is 11.8 Å². The van der Waals surface area contributed by atoms with Crippen LogP contribution in [0.1, 0.15) is 13.3 Å². The molecule has 0 spiro atoms. The van der Waals surface area contributed by atoms with Gasteiger partial charge in [0.25, 0.3) is 0 Å². The number of thioether (sulfide) groups is 1. The van der Waals surface area contributed by atoms with Crippen molar-refractivity contribution in [2.75, 3.05) is 14.2 Å². The molecule has 0 aliphatic heterocycles. The van der Waals surface area contributed by atoms with E-state index in [1.165, 1.54) is 32.0 Å². The molecule has 0 amide bonds. The molecule has 0 N–H and O–H groups in total. The molecule has 0 aliphatic carbocycles. The van der Waals surface area contributed by atoms with Crippen molar-refractivity contribution in [2.45, 2.75) is 23.5 Å². The topological polar surface area (TPSA) is 78.7 Å². The fourth-order valence-corrected chi connectivity index (χ4v) is 2.62. The van der Waals surface area contributed by atoms with E-state index in [0.717, 1.165) is 0 Å². The lowest BCUT2D eigenvalue weighted by molar-refractivity contribution is -0.388. The Kier molecular flexibility index (Phi) is 5.62. The molecule has 0 saturated carbocycles. The Morgan fingerprint density at radius 2 is 2.16 bits per heavy atom. The molecule has 1 rings (SSSR count). The van der Waals surface area contributed by atoms with Crippen molar-refractivity contribution >= 4 is 23.4 Å². The number of methoxy groups -OCH3 is 2. The highest BCUT2D eigenvalue weighted by Gasteiger charge is 2.23. The number of ether oxygens (including phenoxy) is 2. The molecule has 0 radical (unpaired) electrons. The molecule has 0 saturated heterocycles. The summed E-state index contributed by atoms with van der Waals surface area (Å²) in [4.78, 5) is 22.2. The van der Waals surface area contributed by atoms with E-state index in [2.05, 4.69) is 4.74 Å². The number of nitrogens with zero attached hydrogens (tertiary/aromatic N) is 1. The first-order valence-corrected chi connectivity index (χ1v) is 6.42. The SMILES string of the molecule is COC(=O)CC(C)Sc1cccc(OC)c1[N+](=O)[O-]. The lowest BCUT2D eigenvalue weighted by atomic mass is 10.3. The van der Waals surface area contributed by atoms with Crippen LogP contribution in [0.25, 0.3) is 0 Å². The highest BCUT2D eigenvalue weighted by Crippen LogP contribution is 2.39. The molecule has 19 heavy (non-hydrogen) atoms. The van der Waals surface area contributed by atoms with E-state index in [9.17, 15) is 14.9 Å². The summed E-state index contributed by atoms with van der Waals surface area (Å²) < 4.78 is 9.55. The average molecular weight is 285 g/mol. The number of esters is 1. The highest BCUT2D eigenvalue weighted by molar-refractivity contribution is 8.00. The van der Waals surface area contributed by atoms with Crippen molar-refractivity contribution in [3.05, 3.63) is 28.3 Å². The fourth-order valence-electron chi connectivity index (χ4n) is 1.52. The molecule has 1 aromatic rings. The molecular weight excluding hydrogens is 270 g/mol. The van der Waals surface area contributed by atoms with Gasteiger partial charge in [-0.25, -0.2) is 0 Å². The summed E-state index contributed by atoms with van der Waals surface area (Å²) in [6.45, 7) is 1.81. The normalized spacial score (nSPS) is 11.7. The van der Waals surface area contributed by atoms with Crippen LogP contribution in [0.4, 0.5) is 5.69 Å². The van der Waals surface area contributed by atoms with Gasteiger partial charge in [-0.2, -0.15) is 0 Å². The molecular formula is C12H15NO5S. The molecule has 0 heterocycles. The van der Waals surface area contributed by atoms with E-state index in [0.29, 0.717) is 4.90 Å². The third-order valence-electron chi connectivity index (χ3n) is 2.37. The first kappa shape index (κ1) is 15.3. The average Bonchev–Trinajstić information content (AvgIpc) is 2.37. The predicted molar refractivity (Wildman–Crippen MR) is 71.6 cm³/mol. The van der Waals surface area contributed by atoms with Gasteiger partial charge >= 0.3 is 11.7 Å². The van der Waals surface area contributed by atoms with Gasteiger partial charge in [-0.15, -0.1) is 11.8 Å². The van der Waals surface area contributed by atoms with E-state index in [1.54, 1.807) is 12.1 Å². The molecule has 0 aliphatic rings. The summed E-state index contributed by atoms with van der Waals surface area (Å²) in [6.07, 6.45) is 0.190. The summed E-state index contributed by atoms with van der Waals surface area (Å²) in [5.74, 6) is -0.134. The van der Waals surface area contributed by atoms with Crippen LogP contribution in [-0.4, -0.2) is 30.4 Å². The molecule has 104 valence electrons. The number of carbonyl (C=O) groups excluding carboxylic acids is 1. The second kappa shape index (κ2) is 6.98. The monoisotopic (exact) mass is 285 g/mol. The van der Waals surface area contributed by atoms with E-state index in [1.807, 2.05) is 6.92 Å². The van der Waals surface area contributed by atoms with Gasteiger partial charge in [-0.1, -0.05) is 13.0 Å². The third kappa shape index (κ3) is 4.13. The highest BCUT2D eigenvalue weighted by atomic mass is 32.2. The number of nitro groups is 1. The number of rotatable bonds is 6. The lowest BCUT2D eigenvalue weighted by Crippen LogP contribution is -2.08. The molecule has 1 atom stereocenters. The maximum atomic E-state index is 11.2. The van der Waals surface area contributed by atoms with Gasteiger partial charge in [0.2, 0.25) is 0 Å². The summed E-state index contributed by atoms with van der Waals surface area (Å²) >= 11 is 1.25. The molecule has 0 bridgehead atoms. The van der Waals surface area contributed by atoms with Gasteiger partial charge in [0, 0.05) is 5.25 Å². The maximum Gasteiger partial charge on any atom is 0.324 e. The standard InChI is InChI=1S/C12H15NO5S/c1-8(7-11(14)18-3)19-10-6-4-5-9(17-2)12(10)13(15)16/h4-6,8H,7H2,1-3H3. The summed E-state index contributed by atoms with van der Waals surface area (Å²) in [6, 6.07) is 4.85. The van der Waals surface area contributed by atoms with Crippen molar-refractivity contribution in [3.8, 4) is 5.75 Å².